The fourth-order valence-corrected chi connectivity index (χ4v) is 4.31. The number of aromatic nitrogens is 4. The van der Waals surface area contributed by atoms with E-state index in [1.54, 1.807) is 35.4 Å². The second kappa shape index (κ2) is 7.79. The molecule has 32 heavy (non-hydrogen) atoms. The third kappa shape index (κ3) is 3.42. The highest BCUT2D eigenvalue weighted by Gasteiger charge is 2.24. The summed E-state index contributed by atoms with van der Waals surface area (Å²) in [5, 5.41) is 14.8. The van der Waals surface area contributed by atoms with Crippen molar-refractivity contribution >= 4 is 39.5 Å². The second-order valence-corrected chi connectivity index (χ2v) is 8.01. The van der Waals surface area contributed by atoms with Crippen LogP contribution in [0.2, 0.25) is 0 Å². The van der Waals surface area contributed by atoms with Crippen molar-refractivity contribution < 1.29 is 9.18 Å². The number of pyridine rings is 1. The van der Waals surface area contributed by atoms with Crippen LogP contribution in [-0.4, -0.2) is 58.3 Å². The third-order valence-corrected chi connectivity index (χ3v) is 5.73. The maximum absolute atomic E-state index is 14.5. The molecule has 4 aromatic rings. The lowest BCUT2D eigenvalue weighted by molar-refractivity contribution is 0.102. The van der Waals surface area contributed by atoms with Crippen molar-refractivity contribution in [2.24, 2.45) is 7.05 Å². The van der Waals surface area contributed by atoms with Gasteiger partial charge in [-0.25, -0.2) is 9.37 Å². The van der Waals surface area contributed by atoms with E-state index in [1.165, 1.54) is 6.07 Å². The van der Waals surface area contributed by atoms with Crippen molar-refractivity contribution in [3.63, 3.8) is 0 Å². The zero-order chi connectivity index (χ0) is 22.4. The molecular formula is C22H25FN8O. The molecule has 4 heterocycles. The van der Waals surface area contributed by atoms with Crippen molar-refractivity contribution in [1.82, 2.24) is 24.5 Å². The van der Waals surface area contributed by atoms with E-state index in [9.17, 15) is 9.18 Å². The van der Waals surface area contributed by atoms with Crippen LogP contribution in [0, 0.1) is 12.7 Å². The third-order valence-electron chi connectivity index (χ3n) is 5.73. The van der Waals surface area contributed by atoms with Crippen LogP contribution in [0.5, 0.6) is 0 Å². The molecule has 1 saturated heterocycles. The average Bonchev–Trinajstić information content (AvgIpc) is 3.34. The maximum Gasteiger partial charge on any atom is 0.260 e. The number of hydrogen-bond donors (Lipinski definition) is 3. The Balaban J connectivity index is 1.58. The van der Waals surface area contributed by atoms with Crippen molar-refractivity contribution in [2.75, 3.05) is 48.8 Å². The van der Waals surface area contributed by atoms with Gasteiger partial charge in [-0.3, -0.25) is 9.48 Å². The van der Waals surface area contributed by atoms with Crippen LogP contribution in [0.25, 0.3) is 16.6 Å². The van der Waals surface area contributed by atoms with Crippen molar-refractivity contribution in [3.8, 4) is 0 Å². The number of amides is 1. The number of nitrogens with one attached hydrogen (secondary N) is 3. The average molecular weight is 436 g/mol. The molecule has 166 valence electrons. The van der Waals surface area contributed by atoms with Gasteiger partial charge in [-0.05, 0) is 13.0 Å². The van der Waals surface area contributed by atoms with Crippen LogP contribution in [0.4, 0.5) is 21.5 Å². The SMILES string of the molecule is CNc1cc(N2CCNCC2)c2cn(C)nc2c1C(=O)Nc1cc(F)c2nc(C)cn2c1. The van der Waals surface area contributed by atoms with Gasteiger partial charge in [0.15, 0.2) is 11.5 Å². The van der Waals surface area contributed by atoms with E-state index < -0.39 is 5.82 Å². The number of carbonyl (C=O) groups excluding carboxylic acids is 1. The van der Waals surface area contributed by atoms with Gasteiger partial charge < -0.3 is 25.3 Å². The fraction of sp³-hybridized carbons (Fsp3) is 0.318. The summed E-state index contributed by atoms with van der Waals surface area (Å²) in [7, 11) is 3.62. The van der Waals surface area contributed by atoms with Crippen LogP contribution in [0.15, 0.2) is 30.7 Å². The van der Waals surface area contributed by atoms with Crippen molar-refractivity contribution in [3.05, 3.63) is 47.8 Å². The number of piperazine rings is 1. The van der Waals surface area contributed by atoms with Gasteiger partial charge in [0.1, 0.15) is 5.52 Å². The lowest BCUT2D eigenvalue weighted by atomic mass is 10.0. The van der Waals surface area contributed by atoms with Crippen LogP contribution in [-0.2, 0) is 7.05 Å². The Morgan fingerprint density at radius 3 is 2.72 bits per heavy atom. The second-order valence-electron chi connectivity index (χ2n) is 8.01. The molecular weight excluding hydrogens is 411 g/mol. The number of nitrogens with zero attached hydrogens (tertiary/aromatic N) is 5. The molecule has 5 rings (SSSR count). The predicted molar refractivity (Wildman–Crippen MR) is 123 cm³/mol. The topological polar surface area (TPSA) is 91.5 Å². The summed E-state index contributed by atoms with van der Waals surface area (Å²) in [5.41, 5.74) is 4.00. The lowest BCUT2D eigenvalue weighted by Gasteiger charge is -2.30. The number of hydrogen-bond acceptors (Lipinski definition) is 6. The number of anilines is 3. The summed E-state index contributed by atoms with van der Waals surface area (Å²) >= 11 is 0. The first-order valence-corrected chi connectivity index (χ1v) is 10.5. The number of benzene rings is 1. The number of imidazole rings is 1. The summed E-state index contributed by atoms with van der Waals surface area (Å²) in [5.74, 6) is -0.859. The summed E-state index contributed by atoms with van der Waals surface area (Å²) in [6.45, 7) is 5.35. The highest BCUT2D eigenvalue weighted by molar-refractivity contribution is 6.18. The van der Waals surface area contributed by atoms with Crippen LogP contribution < -0.4 is 20.9 Å². The summed E-state index contributed by atoms with van der Waals surface area (Å²) < 4.78 is 17.8. The standard InChI is InChI=1S/C22H25FN8O/c1-13-10-31-11-14(8-16(23)21(31)26-13)27-22(32)19-17(24-2)9-18(30-6-4-25-5-7-30)15-12-29(3)28-20(15)19/h8-12,24-25H,4-7H2,1-3H3,(H,27,32). The van der Waals surface area contributed by atoms with Gasteiger partial charge in [0.2, 0.25) is 0 Å². The van der Waals surface area contributed by atoms with E-state index in [2.05, 4.69) is 30.9 Å². The number of aryl methyl sites for hydroxylation is 2. The summed E-state index contributed by atoms with van der Waals surface area (Å²) in [4.78, 5) is 19.8. The molecule has 9 nitrogen and oxygen atoms in total. The smallest absolute Gasteiger partial charge is 0.260 e. The van der Waals surface area contributed by atoms with Crippen LogP contribution >= 0.6 is 0 Å². The van der Waals surface area contributed by atoms with E-state index in [4.69, 9.17) is 0 Å². The van der Waals surface area contributed by atoms with Crippen molar-refractivity contribution in [1.29, 1.82) is 0 Å². The molecule has 1 aliphatic heterocycles. The molecule has 1 amide bonds. The molecule has 0 saturated carbocycles. The number of carbonyl (C=O) groups is 1. The molecule has 0 radical (unpaired) electrons. The summed E-state index contributed by atoms with van der Waals surface area (Å²) in [6, 6.07) is 3.27. The Kier molecular flexibility index (Phi) is 4.93. The largest absolute Gasteiger partial charge is 0.387 e. The van der Waals surface area contributed by atoms with E-state index in [0.29, 0.717) is 28.1 Å². The lowest BCUT2D eigenvalue weighted by Crippen LogP contribution is -2.43. The van der Waals surface area contributed by atoms with Gasteiger partial charge in [-0.1, -0.05) is 0 Å². The Bertz CT molecular complexity index is 1340. The molecule has 0 aliphatic carbocycles. The first kappa shape index (κ1) is 20.3. The number of fused-ring (bicyclic) bond motifs is 2. The quantitative estimate of drug-likeness (QED) is 0.455. The van der Waals surface area contributed by atoms with E-state index in [1.807, 2.05) is 19.3 Å². The number of rotatable bonds is 4. The molecule has 0 atom stereocenters. The van der Waals surface area contributed by atoms with E-state index in [-0.39, 0.29) is 11.6 Å². The van der Waals surface area contributed by atoms with Gasteiger partial charge in [0.05, 0.1) is 22.6 Å². The Morgan fingerprint density at radius 1 is 1.19 bits per heavy atom. The maximum atomic E-state index is 14.5. The molecule has 10 heteroatoms. The first-order chi connectivity index (χ1) is 15.4. The molecule has 1 aliphatic rings. The first-order valence-electron chi connectivity index (χ1n) is 10.5. The van der Waals surface area contributed by atoms with E-state index in [0.717, 1.165) is 37.3 Å². The van der Waals surface area contributed by atoms with Gasteiger partial charge in [0.25, 0.3) is 5.91 Å². The molecule has 1 fully saturated rings. The van der Waals surface area contributed by atoms with Gasteiger partial charge in [-0.15, -0.1) is 0 Å². The van der Waals surface area contributed by atoms with Gasteiger partial charge in [0, 0.05) is 76.0 Å². The normalized spacial score (nSPS) is 14.3. The molecule has 3 N–H and O–H groups in total. The predicted octanol–water partition coefficient (Wildman–Crippen LogP) is 2.37. The minimum absolute atomic E-state index is 0.226. The summed E-state index contributed by atoms with van der Waals surface area (Å²) in [6.07, 6.45) is 5.30. The molecule has 0 spiro atoms. The van der Waals surface area contributed by atoms with Crippen LogP contribution in [0.3, 0.4) is 0 Å². The Hall–Kier alpha value is -3.66. The molecule has 0 bridgehead atoms. The molecule has 1 aromatic carbocycles. The van der Waals surface area contributed by atoms with E-state index >= 15 is 0 Å². The Labute approximate surface area is 184 Å². The Morgan fingerprint density at radius 2 is 1.97 bits per heavy atom. The van der Waals surface area contributed by atoms with Crippen molar-refractivity contribution in [2.45, 2.75) is 6.92 Å². The van der Waals surface area contributed by atoms with Gasteiger partial charge >= 0.3 is 0 Å². The zero-order valence-corrected chi connectivity index (χ0v) is 18.2. The number of halogens is 1. The molecule has 0 unspecified atom stereocenters. The fourth-order valence-electron chi connectivity index (χ4n) is 4.31. The van der Waals surface area contributed by atoms with Gasteiger partial charge in [-0.2, -0.15) is 5.10 Å². The minimum atomic E-state index is -0.498. The zero-order valence-electron chi connectivity index (χ0n) is 18.2. The molecule has 3 aromatic heterocycles. The monoisotopic (exact) mass is 436 g/mol. The highest BCUT2D eigenvalue weighted by atomic mass is 19.1. The highest BCUT2D eigenvalue weighted by Crippen LogP contribution is 2.35. The minimum Gasteiger partial charge on any atom is -0.387 e. The van der Waals surface area contributed by atoms with Crippen LogP contribution in [0.1, 0.15) is 16.1 Å².